The van der Waals surface area contributed by atoms with Crippen molar-refractivity contribution in [3.05, 3.63) is 59.2 Å². The molecule has 1 N–H and O–H groups in total. The molecule has 2 aromatic rings. The van der Waals surface area contributed by atoms with Gasteiger partial charge in [0.2, 0.25) is 10.0 Å². The largest absolute Gasteiger partial charge is 0.496 e. The van der Waals surface area contributed by atoms with Gasteiger partial charge in [0.1, 0.15) is 5.75 Å². The zero-order valence-electron chi connectivity index (χ0n) is 16.2. The maximum Gasteiger partial charge on any atom is 0.241 e. The lowest BCUT2D eigenvalue weighted by atomic mass is 10.0. The Bertz CT molecular complexity index is 830. The number of methoxy groups -OCH3 is 1. The van der Waals surface area contributed by atoms with Crippen LogP contribution in [-0.4, -0.2) is 21.6 Å². The van der Waals surface area contributed by atoms with Crippen LogP contribution in [0.25, 0.3) is 0 Å². The molecule has 142 valence electrons. The van der Waals surface area contributed by atoms with E-state index >= 15 is 0 Å². The Morgan fingerprint density at radius 3 is 2.31 bits per heavy atom. The summed E-state index contributed by atoms with van der Waals surface area (Å²) in [4.78, 5) is 0.327. The van der Waals surface area contributed by atoms with Gasteiger partial charge in [0.05, 0.1) is 12.0 Å². The second-order valence-corrected chi connectivity index (χ2v) is 8.74. The molecule has 0 radical (unpaired) electrons. The predicted octanol–water partition coefficient (Wildman–Crippen LogP) is 4.43. The van der Waals surface area contributed by atoms with Crippen molar-refractivity contribution >= 4 is 10.0 Å². The van der Waals surface area contributed by atoms with Crippen LogP contribution >= 0.6 is 0 Å². The number of hydrogen-bond acceptors (Lipinski definition) is 3. The van der Waals surface area contributed by atoms with Crippen LogP contribution in [0.15, 0.2) is 47.4 Å². The van der Waals surface area contributed by atoms with Gasteiger partial charge in [-0.15, -0.1) is 0 Å². The van der Waals surface area contributed by atoms with E-state index in [-0.39, 0.29) is 12.0 Å². The minimum absolute atomic E-state index is 0.149. The highest BCUT2D eigenvalue weighted by Crippen LogP contribution is 2.31. The third kappa shape index (κ3) is 5.08. The van der Waals surface area contributed by atoms with Crippen molar-refractivity contribution in [1.82, 2.24) is 4.72 Å². The van der Waals surface area contributed by atoms with Gasteiger partial charge in [0.25, 0.3) is 0 Å². The van der Waals surface area contributed by atoms with Crippen LogP contribution in [0, 0.1) is 6.92 Å². The summed E-state index contributed by atoms with van der Waals surface area (Å²) >= 11 is 0. The van der Waals surface area contributed by atoms with Gasteiger partial charge in [-0.05, 0) is 61.4 Å². The molecule has 0 saturated carbocycles. The predicted molar refractivity (Wildman–Crippen MR) is 106 cm³/mol. The van der Waals surface area contributed by atoms with E-state index in [2.05, 4.69) is 16.9 Å². The summed E-state index contributed by atoms with van der Waals surface area (Å²) in [5.74, 6) is 0.906. The Morgan fingerprint density at radius 2 is 1.73 bits per heavy atom. The van der Waals surface area contributed by atoms with Gasteiger partial charge in [0, 0.05) is 6.04 Å². The quantitative estimate of drug-likeness (QED) is 0.743. The minimum Gasteiger partial charge on any atom is -0.496 e. The monoisotopic (exact) mass is 375 g/mol. The third-order valence-electron chi connectivity index (χ3n) is 4.50. The van der Waals surface area contributed by atoms with Gasteiger partial charge in [0.15, 0.2) is 0 Å². The van der Waals surface area contributed by atoms with Gasteiger partial charge < -0.3 is 4.74 Å². The SMILES string of the molecule is COc1cc(C)c(S(=O)(=O)NC(C)CCc2ccccc2)cc1C(C)C. The molecular formula is C21H29NO3S. The number of hydrogen-bond donors (Lipinski definition) is 1. The minimum atomic E-state index is -3.58. The fourth-order valence-corrected chi connectivity index (χ4v) is 4.55. The van der Waals surface area contributed by atoms with Crippen LogP contribution < -0.4 is 9.46 Å². The first kappa shape index (κ1) is 20.5. The number of sulfonamides is 1. The summed E-state index contributed by atoms with van der Waals surface area (Å²) in [6, 6.07) is 13.5. The zero-order valence-corrected chi connectivity index (χ0v) is 17.1. The molecule has 0 amide bonds. The maximum absolute atomic E-state index is 12.9. The van der Waals surface area contributed by atoms with Crippen molar-refractivity contribution in [1.29, 1.82) is 0 Å². The van der Waals surface area contributed by atoms with E-state index in [1.165, 1.54) is 5.56 Å². The highest BCUT2D eigenvalue weighted by Gasteiger charge is 2.22. The highest BCUT2D eigenvalue weighted by atomic mass is 32.2. The van der Waals surface area contributed by atoms with E-state index in [1.807, 2.05) is 39.0 Å². The van der Waals surface area contributed by atoms with Crippen LogP contribution in [-0.2, 0) is 16.4 Å². The van der Waals surface area contributed by atoms with Crippen molar-refractivity contribution < 1.29 is 13.2 Å². The Morgan fingerprint density at radius 1 is 1.08 bits per heavy atom. The van der Waals surface area contributed by atoms with Crippen molar-refractivity contribution in [3.63, 3.8) is 0 Å². The van der Waals surface area contributed by atoms with E-state index in [0.29, 0.717) is 10.5 Å². The Hall–Kier alpha value is -1.85. The van der Waals surface area contributed by atoms with E-state index in [4.69, 9.17) is 4.74 Å². The molecule has 0 saturated heterocycles. The van der Waals surface area contributed by atoms with E-state index in [1.54, 1.807) is 26.2 Å². The summed E-state index contributed by atoms with van der Waals surface area (Å²) in [5.41, 5.74) is 2.80. The zero-order chi connectivity index (χ0) is 19.3. The lowest BCUT2D eigenvalue weighted by molar-refractivity contribution is 0.406. The Balaban J connectivity index is 2.17. The number of rotatable bonds is 8. The fourth-order valence-electron chi connectivity index (χ4n) is 3.01. The summed E-state index contributed by atoms with van der Waals surface area (Å²) in [6.45, 7) is 7.76. The molecule has 0 aliphatic heterocycles. The number of nitrogens with one attached hydrogen (secondary N) is 1. The maximum atomic E-state index is 12.9. The second kappa shape index (κ2) is 8.69. The molecule has 1 atom stereocenters. The number of benzene rings is 2. The average Bonchev–Trinajstić information content (AvgIpc) is 2.59. The molecule has 0 aliphatic rings. The standard InChI is InChI=1S/C21H29NO3S/c1-15(2)19-14-21(16(3)13-20(19)25-5)26(23,24)22-17(4)11-12-18-9-7-6-8-10-18/h6-10,13-15,17,22H,11-12H2,1-5H3. The molecule has 2 rings (SSSR count). The molecule has 0 aliphatic carbocycles. The summed E-state index contributed by atoms with van der Waals surface area (Å²) in [5, 5.41) is 0. The molecule has 0 aromatic heterocycles. The van der Waals surface area contributed by atoms with Crippen molar-refractivity contribution in [2.75, 3.05) is 7.11 Å². The van der Waals surface area contributed by atoms with E-state index in [0.717, 1.165) is 24.2 Å². The fraction of sp³-hybridized carbons (Fsp3) is 0.429. The lowest BCUT2D eigenvalue weighted by Crippen LogP contribution is -2.33. The van der Waals surface area contributed by atoms with Crippen molar-refractivity contribution in [2.24, 2.45) is 0 Å². The number of aryl methyl sites for hydroxylation is 2. The van der Waals surface area contributed by atoms with Crippen LogP contribution in [0.2, 0.25) is 0 Å². The topological polar surface area (TPSA) is 55.4 Å². The molecule has 1 unspecified atom stereocenters. The molecule has 0 bridgehead atoms. The molecule has 26 heavy (non-hydrogen) atoms. The van der Waals surface area contributed by atoms with Crippen LogP contribution in [0.5, 0.6) is 5.75 Å². The second-order valence-electron chi connectivity index (χ2n) is 7.06. The molecule has 2 aromatic carbocycles. The van der Waals surface area contributed by atoms with Gasteiger partial charge in [-0.3, -0.25) is 0 Å². The first-order valence-corrected chi connectivity index (χ1v) is 10.5. The van der Waals surface area contributed by atoms with Gasteiger partial charge in [-0.2, -0.15) is 0 Å². The van der Waals surface area contributed by atoms with Crippen LogP contribution in [0.4, 0.5) is 0 Å². The average molecular weight is 376 g/mol. The molecule has 0 heterocycles. The molecule has 0 fully saturated rings. The summed E-state index contributed by atoms with van der Waals surface area (Å²) in [6.07, 6.45) is 1.58. The van der Waals surface area contributed by atoms with Gasteiger partial charge in [-0.25, -0.2) is 13.1 Å². The third-order valence-corrected chi connectivity index (χ3v) is 6.24. The van der Waals surface area contributed by atoms with Gasteiger partial charge in [-0.1, -0.05) is 44.2 Å². The Labute approximate surface area is 157 Å². The Kier molecular flexibility index (Phi) is 6.84. The van der Waals surface area contributed by atoms with Crippen LogP contribution in [0.1, 0.15) is 49.8 Å². The van der Waals surface area contributed by atoms with Crippen molar-refractivity contribution in [3.8, 4) is 5.75 Å². The number of ether oxygens (including phenoxy) is 1. The lowest BCUT2D eigenvalue weighted by Gasteiger charge is -2.19. The highest BCUT2D eigenvalue weighted by molar-refractivity contribution is 7.89. The van der Waals surface area contributed by atoms with E-state index < -0.39 is 10.0 Å². The first-order chi connectivity index (χ1) is 12.2. The molecule has 4 nitrogen and oxygen atoms in total. The molecular weight excluding hydrogens is 346 g/mol. The summed E-state index contributed by atoms with van der Waals surface area (Å²) < 4.78 is 34.0. The molecule has 0 spiro atoms. The smallest absolute Gasteiger partial charge is 0.241 e. The first-order valence-electron chi connectivity index (χ1n) is 8.99. The summed E-state index contributed by atoms with van der Waals surface area (Å²) in [7, 11) is -1.97. The van der Waals surface area contributed by atoms with Gasteiger partial charge >= 0.3 is 0 Å². The van der Waals surface area contributed by atoms with Crippen LogP contribution in [0.3, 0.4) is 0 Å². The van der Waals surface area contributed by atoms with E-state index in [9.17, 15) is 8.42 Å². The normalized spacial score (nSPS) is 13.0. The molecule has 5 heteroatoms. The van der Waals surface area contributed by atoms with Crippen molar-refractivity contribution in [2.45, 2.75) is 57.4 Å².